The van der Waals surface area contributed by atoms with Crippen LogP contribution in [0.2, 0.25) is 0 Å². The van der Waals surface area contributed by atoms with Crippen molar-refractivity contribution < 1.29 is 0 Å². The van der Waals surface area contributed by atoms with Crippen LogP contribution in [0.3, 0.4) is 0 Å². The minimum Gasteiger partial charge on any atom is -0.0851 e. The maximum atomic E-state index is 2.42. The highest BCUT2D eigenvalue weighted by molar-refractivity contribution is 5.15. The first-order chi connectivity index (χ1) is 4.62. The van der Waals surface area contributed by atoms with Gasteiger partial charge in [0, 0.05) is 0 Å². The molecule has 0 N–H and O–H groups in total. The van der Waals surface area contributed by atoms with E-state index in [0.717, 1.165) is 17.8 Å². The van der Waals surface area contributed by atoms with Crippen molar-refractivity contribution >= 4 is 0 Å². The minimum atomic E-state index is 0.619. The highest BCUT2D eigenvalue weighted by Gasteiger charge is 2.50. The predicted octanol–water partition coefficient (Wildman–Crippen LogP) is 2.85. The number of hydrogen-bond acceptors (Lipinski definition) is 0. The number of fused-ring (bicyclic) bond motifs is 1. The standard InChI is InChI=1S/C10H16/c1-7-4-5-8-6-9(7)10(8,2)3/h4-5,7-9H,6H2,1-3H3/t7-,8-,9-/m0/s1. The van der Waals surface area contributed by atoms with E-state index in [2.05, 4.69) is 32.9 Å². The summed E-state index contributed by atoms with van der Waals surface area (Å²) in [6, 6.07) is 0. The van der Waals surface area contributed by atoms with Crippen molar-refractivity contribution in [1.82, 2.24) is 0 Å². The molecule has 0 heteroatoms. The van der Waals surface area contributed by atoms with Crippen LogP contribution < -0.4 is 0 Å². The van der Waals surface area contributed by atoms with E-state index in [0.29, 0.717) is 5.41 Å². The molecule has 0 aromatic carbocycles. The van der Waals surface area contributed by atoms with Crippen molar-refractivity contribution in [3.63, 3.8) is 0 Å². The molecule has 3 aliphatic carbocycles. The van der Waals surface area contributed by atoms with Gasteiger partial charge in [-0.2, -0.15) is 0 Å². The van der Waals surface area contributed by atoms with Crippen molar-refractivity contribution in [3.05, 3.63) is 12.2 Å². The Hall–Kier alpha value is -0.260. The van der Waals surface area contributed by atoms with Crippen molar-refractivity contribution in [2.24, 2.45) is 23.2 Å². The average molecular weight is 136 g/mol. The molecule has 2 bridgehead atoms. The summed E-state index contributed by atoms with van der Waals surface area (Å²) in [5.74, 6) is 2.70. The normalized spacial score (nSPS) is 48.5. The fourth-order valence-corrected chi connectivity index (χ4v) is 2.66. The summed E-state index contributed by atoms with van der Waals surface area (Å²) >= 11 is 0. The predicted molar refractivity (Wildman–Crippen MR) is 43.7 cm³/mol. The molecular weight excluding hydrogens is 120 g/mol. The SMILES string of the molecule is C[C@H]1C=C[C@H]2C[C@@H]1C2(C)C. The van der Waals surface area contributed by atoms with Gasteiger partial charge in [-0.25, -0.2) is 0 Å². The maximum absolute atomic E-state index is 2.42. The fourth-order valence-electron chi connectivity index (χ4n) is 2.66. The zero-order chi connectivity index (χ0) is 7.35. The smallest absolute Gasteiger partial charge is 0.0176 e. The van der Waals surface area contributed by atoms with Gasteiger partial charge in [0.1, 0.15) is 0 Å². The third-order valence-electron chi connectivity index (χ3n) is 3.70. The Balaban J connectivity index is 2.28. The van der Waals surface area contributed by atoms with Gasteiger partial charge in [0.15, 0.2) is 0 Å². The lowest BCUT2D eigenvalue weighted by Crippen LogP contribution is -2.49. The Labute approximate surface area is 63.3 Å². The van der Waals surface area contributed by atoms with Crippen LogP contribution in [0, 0.1) is 23.2 Å². The lowest BCUT2D eigenvalue weighted by atomic mass is 9.48. The summed E-state index contributed by atoms with van der Waals surface area (Å²) in [5, 5.41) is 0. The molecule has 0 heterocycles. The van der Waals surface area contributed by atoms with E-state index in [4.69, 9.17) is 0 Å². The van der Waals surface area contributed by atoms with Gasteiger partial charge in [-0.3, -0.25) is 0 Å². The van der Waals surface area contributed by atoms with E-state index >= 15 is 0 Å². The molecule has 3 aliphatic rings. The summed E-state index contributed by atoms with van der Waals surface area (Å²) in [6.45, 7) is 7.16. The molecule has 0 nitrogen and oxygen atoms in total. The van der Waals surface area contributed by atoms with Crippen LogP contribution in [-0.4, -0.2) is 0 Å². The number of rotatable bonds is 0. The Morgan fingerprint density at radius 1 is 1.30 bits per heavy atom. The molecule has 0 amide bonds. The highest BCUT2D eigenvalue weighted by atomic mass is 14.5. The van der Waals surface area contributed by atoms with Crippen LogP contribution in [0.5, 0.6) is 0 Å². The van der Waals surface area contributed by atoms with Gasteiger partial charge >= 0.3 is 0 Å². The van der Waals surface area contributed by atoms with Crippen molar-refractivity contribution in [3.8, 4) is 0 Å². The molecule has 0 unspecified atom stereocenters. The molecule has 0 aromatic heterocycles. The molecule has 0 spiro atoms. The van der Waals surface area contributed by atoms with Crippen LogP contribution in [-0.2, 0) is 0 Å². The second-order valence-corrected chi connectivity index (χ2v) is 4.51. The van der Waals surface area contributed by atoms with E-state index in [9.17, 15) is 0 Å². The van der Waals surface area contributed by atoms with Crippen molar-refractivity contribution in [2.75, 3.05) is 0 Å². The Morgan fingerprint density at radius 2 is 2.00 bits per heavy atom. The summed E-state index contributed by atoms with van der Waals surface area (Å²) in [5.41, 5.74) is 0.619. The zero-order valence-electron chi connectivity index (χ0n) is 7.09. The summed E-state index contributed by atoms with van der Waals surface area (Å²) < 4.78 is 0. The quantitative estimate of drug-likeness (QED) is 0.449. The Bertz CT molecular complexity index is 176. The molecule has 56 valence electrons. The first kappa shape index (κ1) is 6.45. The monoisotopic (exact) mass is 136 g/mol. The molecule has 3 rings (SSSR count). The summed E-state index contributed by atoms with van der Waals surface area (Å²) in [4.78, 5) is 0. The third kappa shape index (κ3) is 0.574. The van der Waals surface area contributed by atoms with Crippen molar-refractivity contribution in [2.45, 2.75) is 27.2 Å². The van der Waals surface area contributed by atoms with Gasteiger partial charge in [0.25, 0.3) is 0 Å². The maximum Gasteiger partial charge on any atom is -0.0176 e. The van der Waals surface area contributed by atoms with E-state index < -0.39 is 0 Å². The molecule has 10 heavy (non-hydrogen) atoms. The van der Waals surface area contributed by atoms with Crippen LogP contribution in [0.1, 0.15) is 27.2 Å². The van der Waals surface area contributed by atoms with Crippen LogP contribution in [0.15, 0.2) is 12.2 Å². The summed E-state index contributed by atoms with van der Waals surface area (Å²) in [7, 11) is 0. The van der Waals surface area contributed by atoms with E-state index in [1.54, 1.807) is 0 Å². The Morgan fingerprint density at radius 3 is 2.30 bits per heavy atom. The molecule has 1 fully saturated rings. The first-order valence-electron chi connectivity index (χ1n) is 4.30. The number of allylic oxidation sites excluding steroid dienone is 2. The van der Waals surface area contributed by atoms with Gasteiger partial charge < -0.3 is 0 Å². The fraction of sp³-hybridized carbons (Fsp3) is 0.800. The summed E-state index contributed by atoms with van der Waals surface area (Å²) in [6.07, 6.45) is 6.26. The molecule has 0 saturated heterocycles. The molecule has 0 aliphatic heterocycles. The topological polar surface area (TPSA) is 0 Å². The van der Waals surface area contributed by atoms with Gasteiger partial charge in [-0.15, -0.1) is 0 Å². The molecule has 0 radical (unpaired) electrons. The van der Waals surface area contributed by atoms with Gasteiger partial charge in [-0.1, -0.05) is 32.9 Å². The Kier molecular flexibility index (Phi) is 1.07. The largest absolute Gasteiger partial charge is 0.0851 e. The van der Waals surface area contributed by atoms with Gasteiger partial charge in [-0.05, 0) is 29.6 Å². The zero-order valence-corrected chi connectivity index (χ0v) is 7.09. The second kappa shape index (κ2) is 1.66. The van der Waals surface area contributed by atoms with Crippen molar-refractivity contribution in [1.29, 1.82) is 0 Å². The lowest BCUT2D eigenvalue weighted by Gasteiger charge is -2.56. The molecular formula is C10H16. The highest BCUT2D eigenvalue weighted by Crippen LogP contribution is 2.58. The van der Waals surface area contributed by atoms with E-state index in [1.165, 1.54) is 6.42 Å². The molecule has 1 saturated carbocycles. The van der Waals surface area contributed by atoms with E-state index in [1.807, 2.05) is 0 Å². The van der Waals surface area contributed by atoms with Gasteiger partial charge in [0.2, 0.25) is 0 Å². The molecule has 3 atom stereocenters. The van der Waals surface area contributed by atoms with Crippen LogP contribution >= 0.6 is 0 Å². The number of hydrogen-bond donors (Lipinski definition) is 0. The molecule has 0 aromatic rings. The minimum absolute atomic E-state index is 0.619. The lowest BCUT2D eigenvalue weighted by molar-refractivity contribution is -0.0258. The van der Waals surface area contributed by atoms with Crippen LogP contribution in [0.25, 0.3) is 0 Å². The second-order valence-electron chi connectivity index (χ2n) is 4.51. The third-order valence-corrected chi connectivity index (χ3v) is 3.70. The first-order valence-corrected chi connectivity index (χ1v) is 4.30. The van der Waals surface area contributed by atoms with Crippen LogP contribution in [0.4, 0.5) is 0 Å². The van der Waals surface area contributed by atoms with Gasteiger partial charge in [0.05, 0.1) is 0 Å². The average Bonchev–Trinajstić information content (AvgIpc) is 1.87. The van der Waals surface area contributed by atoms with E-state index in [-0.39, 0.29) is 0 Å².